The van der Waals surface area contributed by atoms with Crippen molar-refractivity contribution in [3.05, 3.63) is 59.8 Å². The number of aliphatic imine (C=N–C) groups is 1. The first-order valence-corrected chi connectivity index (χ1v) is 8.29. The van der Waals surface area contributed by atoms with Gasteiger partial charge in [0.25, 0.3) is 0 Å². The lowest BCUT2D eigenvalue weighted by molar-refractivity contribution is 0.395. The summed E-state index contributed by atoms with van der Waals surface area (Å²) in [5.74, 6) is 1.44. The van der Waals surface area contributed by atoms with Gasteiger partial charge in [0, 0.05) is 36.1 Å². The van der Waals surface area contributed by atoms with Crippen LogP contribution in [0.1, 0.15) is 19.4 Å². The van der Waals surface area contributed by atoms with Crippen molar-refractivity contribution in [3.63, 3.8) is 0 Å². The Balaban J connectivity index is 1.91. The van der Waals surface area contributed by atoms with Gasteiger partial charge in [0.1, 0.15) is 17.2 Å². The maximum atomic E-state index is 5.40. The van der Waals surface area contributed by atoms with Crippen LogP contribution in [-0.2, 0) is 5.41 Å². The van der Waals surface area contributed by atoms with Crippen LogP contribution < -0.4 is 14.4 Å². The summed E-state index contributed by atoms with van der Waals surface area (Å²) in [6.45, 7) is 4.48. The molecule has 0 atom stereocenters. The van der Waals surface area contributed by atoms with E-state index in [2.05, 4.69) is 61.1 Å². The van der Waals surface area contributed by atoms with Gasteiger partial charge in [-0.05, 0) is 29.8 Å². The molecule has 0 fully saturated rings. The first-order valence-electron chi connectivity index (χ1n) is 8.29. The number of ether oxygens (including phenoxy) is 2. The highest BCUT2D eigenvalue weighted by atomic mass is 16.5. The molecule has 3 rings (SSSR count). The lowest BCUT2D eigenvalue weighted by Crippen LogP contribution is -2.23. The summed E-state index contributed by atoms with van der Waals surface area (Å²) in [6, 6.07) is 14.1. The van der Waals surface area contributed by atoms with Gasteiger partial charge in [-0.15, -0.1) is 0 Å². The first-order chi connectivity index (χ1) is 12.0. The summed E-state index contributed by atoms with van der Waals surface area (Å²) in [6.07, 6.45) is 3.91. The van der Waals surface area contributed by atoms with Crippen molar-refractivity contribution >= 4 is 17.6 Å². The number of fused-ring (bicyclic) bond motifs is 1. The van der Waals surface area contributed by atoms with Crippen LogP contribution in [0, 0.1) is 0 Å². The van der Waals surface area contributed by atoms with E-state index in [1.165, 1.54) is 16.9 Å². The van der Waals surface area contributed by atoms with Crippen molar-refractivity contribution in [2.24, 2.45) is 4.99 Å². The molecular formula is C21H24N2O2. The minimum Gasteiger partial charge on any atom is -0.497 e. The predicted molar refractivity (Wildman–Crippen MR) is 104 cm³/mol. The lowest BCUT2D eigenvalue weighted by Gasteiger charge is -2.23. The van der Waals surface area contributed by atoms with Crippen molar-refractivity contribution in [3.8, 4) is 11.5 Å². The molecule has 1 heterocycles. The molecule has 25 heavy (non-hydrogen) atoms. The van der Waals surface area contributed by atoms with E-state index < -0.39 is 0 Å². The highest BCUT2D eigenvalue weighted by molar-refractivity contribution is 5.81. The van der Waals surface area contributed by atoms with Crippen LogP contribution in [0.5, 0.6) is 11.5 Å². The van der Waals surface area contributed by atoms with Gasteiger partial charge >= 0.3 is 0 Å². The third kappa shape index (κ3) is 3.00. The average molecular weight is 336 g/mol. The Bertz CT molecular complexity index is 838. The number of anilines is 1. The van der Waals surface area contributed by atoms with E-state index >= 15 is 0 Å². The lowest BCUT2D eigenvalue weighted by atomic mass is 9.84. The number of allylic oxidation sites excluding steroid dienone is 2. The quantitative estimate of drug-likeness (QED) is 0.758. The van der Waals surface area contributed by atoms with Gasteiger partial charge in [0.2, 0.25) is 0 Å². The summed E-state index contributed by atoms with van der Waals surface area (Å²) >= 11 is 0. The Morgan fingerprint density at radius 2 is 1.80 bits per heavy atom. The molecule has 4 nitrogen and oxygen atoms in total. The predicted octanol–water partition coefficient (Wildman–Crippen LogP) is 4.72. The number of benzene rings is 2. The van der Waals surface area contributed by atoms with E-state index in [9.17, 15) is 0 Å². The van der Waals surface area contributed by atoms with Crippen molar-refractivity contribution < 1.29 is 9.47 Å². The minimum atomic E-state index is -0.0542. The van der Waals surface area contributed by atoms with Gasteiger partial charge in [-0.2, -0.15) is 0 Å². The molecule has 0 N–H and O–H groups in total. The molecule has 0 saturated heterocycles. The molecule has 4 heteroatoms. The van der Waals surface area contributed by atoms with Crippen molar-refractivity contribution in [1.82, 2.24) is 0 Å². The van der Waals surface area contributed by atoms with Gasteiger partial charge in [-0.3, -0.25) is 4.99 Å². The van der Waals surface area contributed by atoms with Crippen molar-refractivity contribution in [1.29, 1.82) is 0 Å². The molecule has 130 valence electrons. The van der Waals surface area contributed by atoms with Crippen LogP contribution in [0.3, 0.4) is 0 Å². The van der Waals surface area contributed by atoms with E-state index in [0.29, 0.717) is 5.75 Å². The Morgan fingerprint density at radius 1 is 1.04 bits per heavy atom. The Labute approximate surface area is 149 Å². The van der Waals surface area contributed by atoms with Crippen LogP contribution in [0.2, 0.25) is 0 Å². The summed E-state index contributed by atoms with van der Waals surface area (Å²) in [7, 11) is 5.37. The smallest absolute Gasteiger partial charge is 0.148 e. The number of likely N-dealkylation sites (N-methyl/N-ethyl adjacent to an activating group) is 1. The molecule has 0 aromatic heterocycles. The summed E-state index contributed by atoms with van der Waals surface area (Å²) in [4.78, 5) is 6.80. The van der Waals surface area contributed by atoms with Crippen molar-refractivity contribution in [2.45, 2.75) is 19.3 Å². The second-order valence-corrected chi connectivity index (χ2v) is 6.57. The van der Waals surface area contributed by atoms with Gasteiger partial charge < -0.3 is 14.4 Å². The maximum Gasteiger partial charge on any atom is 0.148 e. The molecule has 2 aromatic rings. The van der Waals surface area contributed by atoms with Crippen LogP contribution in [-0.4, -0.2) is 27.5 Å². The molecular weight excluding hydrogens is 312 g/mol. The zero-order valence-electron chi connectivity index (χ0n) is 15.4. The molecule has 0 radical (unpaired) electrons. The number of hydrogen-bond donors (Lipinski definition) is 0. The normalized spacial score (nSPS) is 17.2. The standard InChI is InChI=1S/C21H24N2O2/c1-21(2)16-8-6-7-9-18(16)23(3)20(21)12-13-22-17-11-10-15(24-4)14-19(17)25-5/h6-14H,1-5H3/b20-12-,22-13?. The van der Waals surface area contributed by atoms with Gasteiger partial charge in [0.05, 0.1) is 14.2 Å². The molecule has 1 aliphatic rings. The molecule has 2 aromatic carbocycles. The largest absolute Gasteiger partial charge is 0.497 e. The number of rotatable bonds is 4. The minimum absolute atomic E-state index is 0.0542. The number of para-hydroxylation sites is 1. The molecule has 0 aliphatic carbocycles. The first kappa shape index (κ1) is 17.1. The van der Waals surface area contributed by atoms with Gasteiger partial charge in [0.15, 0.2) is 0 Å². The van der Waals surface area contributed by atoms with Crippen LogP contribution in [0.4, 0.5) is 11.4 Å². The molecule has 0 amide bonds. The Morgan fingerprint density at radius 3 is 2.48 bits per heavy atom. The topological polar surface area (TPSA) is 34.1 Å². The van der Waals surface area contributed by atoms with E-state index in [-0.39, 0.29) is 5.41 Å². The second kappa shape index (κ2) is 6.63. The zero-order valence-corrected chi connectivity index (χ0v) is 15.4. The van der Waals surface area contributed by atoms with Gasteiger partial charge in [-0.1, -0.05) is 32.0 Å². The monoisotopic (exact) mass is 336 g/mol. The van der Waals surface area contributed by atoms with E-state index in [1.54, 1.807) is 14.2 Å². The van der Waals surface area contributed by atoms with E-state index in [1.807, 2.05) is 24.4 Å². The SMILES string of the molecule is COc1ccc(N=C/C=C2\N(C)c3ccccc3C2(C)C)c(OC)c1. The molecule has 0 saturated carbocycles. The fraction of sp³-hybridized carbons (Fsp3) is 0.286. The highest BCUT2D eigenvalue weighted by Crippen LogP contribution is 2.46. The molecule has 1 aliphatic heterocycles. The van der Waals surface area contributed by atoms with Crippen LogP contribution in [0.15, 0.2) is 59.2 Å². The fourth-order valence-electron chi connectivity index (χ4n) is 3.38. The zero-order chi connectivity index (χ0) is 18.0. The number of methoxy groups -OCH3 is 2. The average Bonchev–Trinajstić information content (AvgIpc) is 2.82. The molecule has 0 spiro atoms. The van der Waals surface area contributed by atoms with Crippen LogP contribution in [0.25, 0.3) is 0 Å². The summed E-state index contributed by atoms with van der Waals surface area (Å²) in [5.41, 5.74) is 4.51. The molecule has 0 bridgehead atoms. The second-order valence-electron chi connectivity index (χ2n) is 6.57. The number of nitrogens with zero attached hydrogens (tertiary/aromatic N) is 2. The Hall–Kier alpha value is -2.75. The van der Waals surface area contributed by atoms with Crippen LogP contribution >= 0.6 is 0 Å². The van der Waals surface area contributed by atoms with E-state index in [4.69, 9.17) is 9.47 Å². The summed E-state index contributed by atoms with van der Waals surface area (Å²) < 4.78 is 10.6. The highest BCUT2D eigenvalue weighted by Gasteiger charge is 2.37. The third-order valence-electron chi connectivity index (χ3n) is 4.77. The Kier molecular flexibility index (Phi) is 4.53. The number of hydrogen-bond acceptors (Lipinski definition) is 4. The fourth-order valence-corrected chi connectivity index (χ4v) is 3.38. The van der Waals surface area contributed by atoms with E-state index in [0.717, 1.165) is 11.4 Å². The van der Waals surface area contributed by atoms with Crippen molar-refractivity contribution in [2.75, 3.05) is 26.2 Å². The summed E-state index contributed by atoms with van der Waals surface area (Å²) in [5, 5.41) is 0. The molecule has 0 unspecified atom stereocenters. The maximum absolute atomic E-state index is 5.40. The van der Waals surface area contributed by atoms with Gasteiger partial charge in [-0.25, -0.2) is 0 Å². The third-order valence-corrected chi connectivity index (χ3v) is 4.77.